The van der Waals surface area contributed by atoms with Gasteiger partial charge < -0.3 is 19.8 Å². The molecular formula is C19H25N5O3. The predicted molar refractivity (Wildman–Crippen MR) is 99.7 cm³/mol. The number of amides is 1. The molecule has 4 N–H and O–H groups in total. The van der Waals surface area contributed by atoms with Crippen LogP contribution in [0.15, 0.2) is 24.3 Å². The summed E-state index contributed by atoms with van der Waals surface area (Å²) in [5.41, 5.74) is 8.95. The van der Waals surface area contributed by atoms with Crippen molar-refractivity contribution in [1.29, 1.82) is 0 Å². The van der Waals surface area contributed by atoms with Crippen LogP contribution in [-0.2, 0) is 11.2 Å². The lowest BCUT2D eigenvalue weighted by atomic mass is 9.94. The van der Waals surface area contributed by atoms with Crippen LogP contribution in [-0.4, -0.2) is 49.3 Å². The highest BCUT2D eigenvalue weighted by molar-refractivity contribution is 5.94. The molecule has 0 spiro atoms. The van der Waals surface area contributed by atoms with Crippen LogP contribution >= 0.6 is 0 Å². The molecule has 2 aliphatic heterocycles. The van der Waals surface area contributed by atoms with Gasteiger partial charge in [-0.3, -0.25) is 10.2 Å². The van der Waals surface area contributed by atoms with Gasteiger partial charge in [-0.25, -0.2) is 10.4 Å². The maximum atomic E-state index is 12.5. The number of H-pyrrole nitrogens is 1. The summed E-state index contributed by atoms with van der Waals surface area (Å²) in [7, 11) is 3.35. The van der Waals surface area contributed by atoms with Gasteiger partial charge in [0.25, 0.3) is 5.91 Å². The molecule has 4 rings (SSSR count). The van der Waals surface area contributed by atoms with Crippen molar-refractivity contribution in [1.82, 2.24) is 26.1 Å². The Morgan fingerprint density at radius 1 is 1.26 bits per heavy atom. The highest BCUT2D eigenvalue weighted by atomic mass is 16.5. The van der Waals surface area contributed by atoms with Crippen molar-refractivity contribution in [3.05, 3.63) is 47.0 Å². The molecule has 27 heavy (non-hydrogen) atoms. The molecule has 144 valence electrons. The summed E-state index contributed by atoms with van der Waals surface area (Å²) in [5, 5.41) is 3.00. The minimum Gasteiger partial charge on any atom is -0.497 e. The largest absolute Gasteiger partial charge is 0.497 e. The molecule has 8 nitrogen and oxygen atoms in total. The number of carbonyl (C=O) groups excluding carboxylic acids is 1. The van der Waals surface area contributed by atoms with E-state index in [1.54, 1.807) is 14.2 Å². The number of benzene rings is 1. The van der Waals surface area contributed by atoms with Gasteiger partial charge in [0.15, 0.2) is 0 Å². The summed E-state index contributed by atoms with van der Waals surface area (Å²) in [6.45, 7) is 1.20. The number of ether oxygens (including phenoxy) is 2. The van der Waals surface area contributed by atoms with Crippen LogP contribution in [0.25, 0.3) is 0 Å². The SMILES string of the molecule is COCC1CC(c2nc3c([nH]2)CC(c2cccc(OC)c2)CNC3=O)NN1. The van der Waals surface area contributed by atoms with E-state index in [4.69, 9.17) is 9.47 Å². The van der Waals surface area contributed by atoms with Crippen molar-refractivity contribution in [3.63, 3.8) is 0 Å². The second kappa shape index (κ2) is 7.67. The standard InChI is InChI=1S/C19H25N5O3/c1-26-10-13-8-16(24-23-13)18-21-15-7-12(9-20-19(25)17(15)22-18)11-4-3-5-14(6-11)27-2/h3-6,12-13,16,23-24H,7-10H2,1-2H3,(H,20,25)(H,21,22). The van der Waals surface area contributed by atoms with Crippen molar-refractivity contribution in [2.75, 3.05) is 27.4 Å². The molecule has 2 aromatic rings. The molecule has 1 aromatic heterocycles. The highest BCUT2D eigenvalue weighted by Crippen LogP contribution is 2.28. The molecule has 2 aliphatic rings. The number of nitrogens with one attached hydrogen (secondary N) is 4. The van der Waals surface area contributed by atoms with Crippen LogP contribution in [0.5, 0.6) is 5.75 Å². The molecule has 1 aromatic carbocycles. The van der Waals surface area contributed by atoms with E-state index in [1.807, 2.05) is 18.2 Å². The summed E-state index contributed by atoms with van der Waals surface area (Å²) in [5.74, 6) is 1.64. The molecule has 0 aliphatic carbocycles. The Kier molecular flexibility index (Phi) is 5.11. The molecule has 1 amide bonds. The third-order valence-corrected chi connectivity index (χ3v) is 5.22. The fraction of sp³-hybridized carbons (Fsp3) is 0.474. The number of nitrogens with zero attached hydrogens (tertiary/aromatic N) is 1. The topological polar surface area (TPSA) is 100 Å². The number of rotatable bonds is 5. The second-order valence-electron chi connectivity index (χ2n) is 7.07. The first-order valence-electron chi connectivity index (χ1n) is 9.19. The molecule has 3 atom stereocenters. The molecular weight excluding hydrogens is 346 g/mol. The number of aromatic amines is 1. The molecule has 0 saturated carbocycles. The van der Waals surface area contributed by atoms with E-state index in [2.05, 4.69) is 32.2 Å². The van der Waals surface area contributed by atoms with E-state index in [0.717, 1.165) is 35.7 Å². The van der Waals surface area contributed by atoms with E-state index < -0.39 is 0 Å². The van der Waals surface area contributed by atoms with Crippen LogP contribution in [0.4, 0.5) is 0 Å². The van der Waals surface area contributed by atoms with Gasteiger partial charge in [-0.05, 0) is 30.5 Å². The van der Waals surface area contributed by atoms with Crippen LogP contribution in [0.2, 0.25) is 0 Å². The average Bonchev–Trinajstić information content (AvgIpc) is 3.29. The van der Waals surface area contributed by atoms with Crippen molar-refractivity contribution in [2.24, 2.45) is 0 Å². The van der Waals surface area contributed by atoms with Gasteiger partial charge in [-0.1, -0.05) is 12.1 Å². The minimum absolute atomic E-state index is 0.0279. The van der Waals surface area contributed by atoms with Gasteiger partial charge in [0.2, 0.25) is 0 Å². The van der Waals surface area contributed by atoms with E-state index in [9.17, 15) is 4.79 Å². The van der Waals surface area contributed by atoms with Crippen molar-refractivity contribution >= 4 is 5.91 Å². The zero-order chi connectivity index (χ0) is 18.8. The smallest absolute Gasteiger partial charge is 0.271 e. The first kappa shape index (κ1) is 18.0. The quantitative estimate of drug-likeness (QED) is 0.627. The second-order valence-corrected chi connectivity index (χ2v) is 7.07. The molecule has 1 saturated heterocycles. The molecule has 0 bridgehead atoms. The van der Waals surface area contributed by atoms with Gasteiger partial charge in [0.1, 0.15) is 17.3 Å². The summed E-state index contributed by atoms with van der Waals surface area (Å²) in [6.07, 6.45) is 1.57. The van der Waals surface area contributed by atoms with Crippen molar-refractivity contribution in [2.45, 2.75) is 30.8 Å². The zero-order valence-electron chi connectivity index (χ0n) is 15.5. The lowest BCUT2D eigenvalue weighted by Crippen LogP contribution is -2.33. The van der Waals surface area contributed by atoms with E-state index >= 15 is 0 Å². The lowest BCUT2D eigenvalue weighted by Gasteiger charge is -2.15. The number of hydrazine groups is 1. The number of hydrogen-bond donors (Lipinski definition) is 4. The number of imidazole rings is 1. The number of aromatic nitrogens is 2. The van der Waals surface area contributed by atoms with Gasteiger partial charge in [0, 0.05) is 31.3 Å². The van der Waals surface area contributed by atoms with E-state index in [-0.39, 0.29) is 23.9 Å². The Labute approximate surface area is 158 Å². The Hall–Kier alpha value is -2.42. The monoisotopic (exact) mass is 371 g/mol. The van der Waals surface area contributed by atoms with Gasteiger partial charge >= 0.3 is 0 Å². The average molecular weight is 371 g/mol. The summed E-state index contributed by atoms with van der Waals surface area (Å²) in [4.78, 5) is 20.5. The van der Waals surface area contributed by atoms with Crippen molar-refractivity contribution < 1.29 is 14.3 Å². The molecule has 8 heteroatoms. The van der Waals surface area contributed by atoms with E-state index in [0.29, 0.717) is 18.8 Å². The Bertz CT molecular complexity index is 821. The normalized spacial score (nSPS) is 25.0. The highest BCUT2D eigenvalue weighted by Gasteiger charge is 2.31. The summed E-state index contributed by atoms with van der Waals surface area (Å²) in [6, 6.07) is 8.25. The minimum atomic E-state index is -0.128. The van der Waals surface area contributed by atoms with Crippen LogP contribution in [0, 0.1) is 0 Å². The maximum Gasteiger partial charge on any atom is 0.271 e. The fourth-order valence-electron chi connectivity index (χ4n) is 3.79. The third kappa shape index (κ3) is 3.69. The molecule has 3 unspecified atom stereocenters. The summed E-state index contributed by atoms with van der Waals surface area (Å²) < 4.78 is 10.5. The Morgan fingerprint density at radius 2 is 2.15 bits per heavy atom. The molecule has 1 fully saturated rings. The van der Waals surface area contributed by atoms with Crippen LogP contribution in [0.3, 0.4) is 0 Å². The van der Waals surface area contributed by atoms with Crippen LogP contribution < -0.4 is 20.9 Å². The Balaban J connectivity index is 1.56. The summed E-state index contributed by atoms with van der Waals surface area (Å²) >= 11 is 0. The third-order valence-electron chi connectivity index (χ3n) is 5.22. The molecule has 0 radical (unpaired) electrons. The number of carbonyl (C=O) groups is 1. The number of hydrogen-bond acceptors (Lipinski definition) is 6. The lowest BCUT2D eigenvalue weighted by molar-refractivity contribution is 0.0950. The first-order chi connectivity index (χ1) is 13.2. The van der Waals surface area contributed by atoms with Gasteiger partial charge in [-0.2, -0.15) is 0 Å². The predicted octanol–water partition coefficient (Wildman–Crippen LogP) is 1.04. The number of methoxy groups -OCH3 is 2. The number of fused-ring (bicyclic) bond motifs is 1. The van der Waals surface area contributed by atoms with Gasteiger partial charge in [0.05, 0.1) is 19.8 Å². The first-order valence-corrected chi connectivity index (χ1v) is 9.19. The van der Waals surface area contributed by atoms with Crippen molar-refractivity contribution in [3.8, 4) is 5.75 Å². The van der Waals surface area contributed by atoms with E-state index in [1.165, 1.54) is 0 Å². The molecule has 3 heterocycles. The maximum absolute atomic E-state index is 12.5. The Morgan fingerprint density at radius 3 is 2.96 bits per heavy atom. The van der Waals surface area contributed by atoms with Gasteiger partial charge in [-0.15, -0.1) is 0 Å². The fourth-order valence-corrected chi connectivity index (χ4v) is 3.79. The van der Waals surface area contributed by atoms with Crippen LogP contribution in [0.1, 0.15) is 46.0 Å². The zero-order valence-corrected chi connectivity index (χ0v) is 15.5.